The van der Waals surface area contributed by atoms with Crippen molar-refractivity contribution in [2.75, 3.05) is 10.6 Å². The lowest BCUT2D eigenvalue weighted by Crippen LogP contribution is -2.20. The molecule has 2 N–H and O–H groups in total. The number of hydrogen-bond donors (Lipinski definition) is 2. The fraction of sp³-hybridized carbons (Fsp3) is 0.0500. The lowest BCUT2D eigenvalue weighted by atomic mass is 10.2. The Hall–Kier alpha value is -3.59. The lowest BCUT2D eigenvalue weighted by molar-refractivity contribution is -0.137. The number of hydrogen-bond acceptors (Lipinski definition) is 3. The van der Waals surface area contributed by atoms with Gasteiger partial charge in [0.05, 0.1) is 28.0 Å². The summed E-state index contributed by atoms with van der Waals surface area (Å²) >= 11 is 5.58. The average molecular weight is 432 g/mol. The molecule has 0 bridgehead atoms. The molecule has 4 rings (SSSR count). The Labute approximate surface area is 173 Å². The zero-order valence-corrected chi connectivity index (χ0v) is 15.9. The molecule has 4 aromatic rings. The van der Waals surface area contributed by atoms with Crippen LogP contribution in [-0.4, -0.2) is 20.8 Å². The molecule has 2 heterocycles. The summed E-state index contributed by atoms with van der Waals surface area (Å²) in [7, 11) is 0. The van der Waals surface area contributed by atoms with Gasteiger partial charge in [0.2, 0.25) is 0 Å². The molecule has 0 aliphatic rings. The number of halogens is 4. The number of amides is 2. The number of nitrogens with one attached hydrogen (secondary N) is 2. The highest BCUT2D eigenvalue weighted by Gasteiger charge is 2.33. The van der Waals surface area contributed by atoms with Crippen molar-refractivity contribution in [3.63, 3.8) is 0 Å². The van der Waals surface area contributed by atoms with E-state index in [2.05, 4.69) is 20.7 Å². The number of fused-ring (bicyclic) bond motifs is 1. The van der Waals surface area contributed by atoms with E-state index in [4.69, 9.17) is 11.6 Å². The standard InChI is InChI=1S/C20H13ClF3N5O/c21-17-6-3-14(9-16(17)20(22,23)24)28-19(30)27-13-1-4-15(5-2-13)29-18-7-8-25-10-12(18)11-26-29/h1-11H,(H2,27,28,30). The first-order valence-corrected chi connectivity index (χ1v) is 9.02. The van der Waals surface area contributed by atoms with Crippen molar-refractivity contribution in [3.8, 4) is 5.69 Å². The van der Waals surface area contributed by atoms with Crippen molar-refractivity contribution >= 4 is 39.9 Å². The molecule has 0 unspecified atom stereocenters. The molecular formula is C20H13ClF3N5O. The maximum atomic E-state index is 12.9. The van der Waals surface area contributed by atoms with E-state index >= 15 is 0 Å². The monoisotopic (exact) mass is 431 g/mol. The fourth-order valence-electron chi connectivity index (χ4n) is 2.88. The molecule has 0 saturated heterocycles. The van der Waals surface area contributed by atoms with Crippen molar-refractivity contribution in [3.05, 3.63) is 77.7 Å². The van der Waals surface area contributed by atoms with Gasteiger partial charge in [0, 0.05) is 29.2 Å². The molecule has 2 amide bonds. The third kappa shape index (κ3) is 4.06. The summed E-state index contributed by atoms with van der Waals surface area (Å²) in [6.07, 6.45) is 0.457. The molecular weight excluding hydrogens is 419 g/mol. The van der Waals surface area contributed by atoms with Gasteiger partial charge in [-0.25, -0.2) is 9.48 Å². The van der Waals surface area contributed by atoms with Gasteiger partial charge in [-0.2, -0.15) is 18.3 Å². The van der Waals surface area contributed by atoms with Crippen LogP contribution in [-0.2, 0) is 6.18 Å². The minimum atomic E-state index is -4.62. The summed E-state index contributed by atoms with van der Waals surface area (Å²) in [4.78, 5) is 16.2. The van der Waals surface area contributed by atoms with E-state index in [1.54, 1.807) is 47.5 Å². The van der Waals surface area contributed by atoms with E-state index < -0.39 is 22.8 Å². The van der Waals surface area contributed by atoms with Crippen molar-refractivity contribution in [1.82, 2.24) is 14.8 Å². The second kappa shape index (κ2) is 7.68. The second-order valence-corrected chi connectivity index (χ2v) is 6.72. The van der Waals surface area contributed by atoms with Gasteiger partial charge in [-0.15, -0.1) is 0 Å². The fourth-order valence-corrected chi connectivity index (χ4v) is 3.10. The number of carbonyl (C=O) groups excluding carboxylic acids is 1. The molecule has 6 nitrogen and oxygen atoms in total. The van der Waals surface area contributed by atoms with Gasteiger partial charge in [-0.3, -0.25) is 4.98 Å². The lowest BCUT2D eigenvalue weighted by Gasteiger charge is -2.12. The Kier molecular flexibility index (Phi) is 5.04. The van der Waals surface area contributed by atoms with E-state index in [9.17, 15) is 18.0 Å². The Morgan fingerprint density at radius 1 is 0.967 bits per heavy atom. The molecule has 0 atom stereocenters. The second-order valence-electron chi connectivity index (χ2n) is 6.31. The maximum absolute atomic E-state index is 12.9. The largest absolute Gasteiger partial charge is 0.417 e. The molecule has 10 heteroatoms. The Morgan fingerprint density at radius 2 is 1.67 bits per heavy atom. The van der Waals surface area contributed by atoms with Crippen LogP contribution in [0.4, 0.5) is 29.3 Å². The molecule has 2 aromatic heterocycles. The Bertz CT molecular complexity index is 1220. The van der Waals surface area contributed by atoms with Crippen LogP contribution in [0.1, 0.15) is 5.56 Å². The highest BCUT2D eigenvalue weighted by Crippen LogP contribution is 2.36. The average Bonchev–Trinajstić information content (AvgIpc) is 3.13. The number of anilines is 2. The third-order valence-electron chi connectivity index (χ3n) is 4.27. The Balaban J connectivity index is 1.47. The van der Waals surface area contributed by atoms with Crippen molar-refractivity contribution in [1.29, 1.82) is 0 Å². The molecule has 0 aliphatic carbocycles. The summed E-state index contributed by atoms with van der Waals surface area (Å²) < 4.78 is 40.6. The predicted molar refractivity (Wildman–Crippen MR) is 108 cm³/mol. The topological polar surface area (TPSA) is 71.8 Å². The molecule has 0 radical (unpaired) electrons. The molecule has 0 saturated carbocycles. The summed E-state index contributed by atoms with van der Waals surface area (Å²) in [6.45, 7) is 0. The Morgan fingerprint density at radius 3 is 2.40 bits per heavy atom. The molecule has 2 aromatic carbocycles. The zero-order chi connectivity index (χ0) is 21.3. The number of pyridine rings is 1. The number of rotatable bonds is 3. The van der Waals surface area contributed by atoms with Crippen LogP contribution in [0.25, 0.3) is 16.6 Å². The zero-order valence-electron chi connectivity index (χ0n) is 15.1. The van der Waals surface area contributed by atoms with E-state index in [0.29, 0.717) is 5.69 Å². The maximum Gasteiger partial charge on any atom is 0.417 e. The van der Waals surface area contributed by atoms with Gasteiger partial charge < -0.3 is 10.6 Å². The highest BCUT2D eigenvalue weighted by molar-refractivity contribution is 6.31. The molecule has 30 heavy (non-hydrogen) atoms. The van der Waals surface area contributed by atoms with Crippen molar-refractivity contribution < 1.29 is 18.0 Å². The van der Waals surface area contributed by atoms with Gasteiger partial charge in [0.1, 0.15) is 0 Å². The summed E-state index contributed by atoms with van der Waals surface area (Å²) in [6, 6.07) is 11.1. The van der Waals surface area contributed by atoms with Gasteiger partial charge in [-0.05, 0) is 48.5 Å². The summed E-state index contributed by atoms with van der Waals surface area (Å²) in [5.74, 6) is 0. The normalized spacial score (nSPS) is 11.5. The first-order chi connectivity index (χ1) is 14.3. The number of urea groups is 1. The van der Waals surface area contributed by atoms with E-state index in [0.717, 1.165) is 28.7 Å². The van der Waals surface area contributed by atoms with Crippen LogP contribution in [0.2, 0.25) is 5.02 Å². The number of aromatic nitrogens is 3. The SMILES string of the molecule is O=C(Nc1ccc(-n2ncc3cnccc32)cc1)Nc1ccc(Cl)c(C(F)(F)F)c1. The van der Waals surface area contributed by atoms with Crippen LogP contribution in [0.15, 0.2) is 67.1 Å². The highest BCUT2D eigenvalue weighted by atomic mass is 35.5. The number of benzene rings is 2. The third-order valence-corrected chi connectivity index (χ3v) is 4.60. The van der Waals surface area contributed by atoms with Crippen LogP contribution < -0.4 is 10.6 Å². The summed E-state index contributed by atoms with van der Waals surface area (Å²) in [5.41, 5.74) is 1.06. The van der Waals surface area contributed by atoms with Gasteiger partial charge in [-0.1, -0.05) is 11.6 Å². The molecule has 0 spiro atoms. The molecule has 152 valence electrons. The number of nitrogens with zero attached hydrogens (tertiary/aromatic N) is 3. The quantitative estimate of drug-likeness (QED) is 0.434. The minimum absolute atomic E-state index is 0.0301. The first-order valence-electron chi connectivity index (χ1n) is 8.64. The predicted octanol–water partition coefficient (Wildman–Crippen LogP) is 5.74. The van der Waals surface area contributed by atoms with Gasteiger partial charge in [0.15, 0.2) is 0 Å². The van der Waals surface area contributed by atoms with E-state index in [-0.39, 0.29) is 5.69 Å². The van der Waals surface area contributed by atoms with Crippen molar-refractivity contribution in [2.45, 2.75) is 6.18 Å². The van der Waals surface area contributed by atoms with Crippen LogP contribution >= 0.6 is 11.6 Å². The van der Waals surface area contributed by atoms with Gasteiger partial charge >= 0.3 is 12.2 Å². The van der Waals surface area contributed by atoms with E-state index in [1.807, 2.05) is 6.07 Å². The summed E-state index contributed by atoms with van der Waals surface area (Å²) in [5, 5.41) is 9.70. The van der Waals surface area contributed by atoms with Crippen LogP contribution in [0, 0.1) is 0 Å². The van der Waals surface area contributed by atoms with E-state index in [1.165, 1.54) is 6.07 Å². The number of alkyl halides is 3. The molecule has 0 fully saturated rings. The van der Waals surface area contributed by atoms with Crippen LogP contribution in [0.3, 0.4) is 0 Å². The van der Waals surface area contributed by atoms with Gasteiger partial charge in [0.25, 0.3) is 0 Å². The minimum Gasteiger partial charge on any atom is -0.308 e. The first kappa shape index (κ1) is 19.7. The number of carbonyl (C=O) groups is 1. The molecule has 0 aliphatic heterocycles. The smallest absolute Gasteiger partial charge is 0.308 e. The van der Waals surface area contributed by atoms with Crippen molar-refractivity contribution in [2.24, 2.45) is 0 Å². The van der Waals surface area contributed by atoms with Crippen LogP contribution in [0.5, 0.6) is 0 Å².